The molecule has 1 saturated carbocycles. The van der Waals surface area contributed by atoms with Gasteiger partial charge >= 0.3 is 6.18 Å². The molecule has 8 heteroatoms. The van der Waals surface area contributed by atoms with E-state index in [9.17, 15) is 18.0 Å². The Morgan fingerprint density at radius 2 is 1.78 bits per heavy atom. The first kappa shape index (κ1) is 21.8. The van der Waals surface area contributed by atoms with E-state index in [1.165, 1.54) is 18.2 Å². The second kappa shape index (κ2) is 7.77. The van der Waals surface area contributed by atoms with Crippen molar-refractivity contribution in [2.75, 3.05) is 6.54 Å². The van der Waals surface area contributed by atoms with Crippen LogP contribution in [0.3, 0.4) is 0 Å². The lowest BCUT2D eigenvalue weighted by Crippen LogP contribution is -2.43. The van der Waals surface area contributed by atoms with Crippen molar-refractivity contribution in [3.8, 4) is 0 Å². The normalized spacial score (nSPS) is 24.9. The Morgan fingerprint density at radius 3 is 2.44 bits per heavy atom. The van der Waals surface area contributed by atoms with Gasteiger partial charge in [0.15, 0.2) is 0 Å². The Labute approximate surface area is 194 Å². The Kier molecular flexibility index (Phi) is 5.29. The molecule has 2 unspecified atom stereocenters. The average molecular weight is 481 g/mol. The number of halogens is 5. The molecule has 3 nitrogen and oxygen atoms in total. The van der Waals surface area contributed by atoms with E-state index in [4.69, 9.17) is 23.2 Å². The number of benzene rings is 2. The van der Waals surface area contributed by atoms with Gasteiger partial charge in [-0.3, -0.25) is 9.79 Å². The number of carbonyl (C=O) groups excluding carboxylic acids is 1. The molecule has 1 heterocycles. The van der Waals surface area contributed by atoms with Gasteiger partial charge in [-0.15, -0.1) is 0 Å². The van der Waals surface area contributed by atoms with E-state index < -0.39 is 18.1 Å². The van der Waals surface area contributed by atoms with Crippen LogP contribution in [0.1, 0.15) is 54.0 Å². The first-order chi connectivity index (χ1) is 15.2. The highest BCUT2D eigenvalue weighted by atomic mass is 35.5. The standard InChI is InChI=1S/C24H21Cl2F3N2O/c25-17-8-16(9-18(26)10-17)23(24(27,28)29)11-21(30-12-23)15-3-5-19-14(7-15)4-6-20(19)31-22(32)13-1-2-13/h3,5,7-10,13,20H,1-2,4,6,11-12H2,(H,31,32). The Bertz CT molecular complexity index is 1110. The van der Waals surface area contributed by atoms with Crippen LogP contribution in [-0.2, 0) is 16.6 Å². The van der Waals surface area contributed by atoms with Gasteiger partial charge in [0, 0.05) is 28.1 Å². The highest BCUT2D eigenvalue weighted by Crippen LogP contribution is 2.49. The molecule has 0 spiro atoms. The molecule has 5 rings (SSSR count). The summed E-state index contributed by atoms with van der Waals surface area (Å²) in [6, 6.07) is 9.71. The van der Waals surface area contributed by atoms with E-state index in [2.05, 4.69) is 10.3 Å². The fourth-order valence-electron chi connectivity index (χ4n) is 4.78. The number of alkyl halides is 3. The fraction of sp³-hybridized carbons (Fsp3) is 0.417. The summed E-state index contributed by atoms with van der Waals surface area (Å²) in [5.41, 5.74) is 1.09. The molecule has 32 heavy (non-hydrogen) atoms. The van der Waals surface area contributed by atoms with Crippen molar-refractivity contribution >= 4 is 34.8 Å². The first-order valence-corrected chi connectivity index (χ1v) is 11.4. The number of aliphatic imine (C=N–C) groups is 1. The van der Waals surface area contributed by atoms with E-state index in [0.29, 0.717) is 11.3 Å². The van der Waals surface area contributed by atoms with Crippen molar-refractivity contribution in [2.45, 2.75) is 49.7 Å². The van der Waals surface area contributed by atoms with Gasteiger partial charge in [-0.25, -0.2) is 0 Å². The van der Waals surface area contributed by atoms with Crippen LogP contribution < -0.4 is 5.32 Å². The van der Waals surface area contributed by atoms with Gasteiger partial charge in [-0.1, -0.05) is 35.3 Å². The minimum Gasteiger partial charge on any atom is -0.349 e. The molecular formula is C24H21Cl2F3N2O. The van der Waals surface area contributed by atoms with E-state index in [1.54, 1.807) is 0 Å². The molecule has 3 aliphatic rings. The van der Waals surface area contributed by atoms with Crippen LogP contribution in [0.4, 0.5) is 13.2 Å². The van der Waals surface area contributed by atoms with E-state index in [1.807, 2.05) is 18.2 Å². The summed E-state index contributed by atoms with van der Waals surface area (Å²) in [6.45, 7) is -0.403. The van der Waals surface area contributed by atoms with Crippen LogP contribution >= 0.6 is 23.2 Å². The second-order valence-electron chi connectivity index (χ2n) is 8.97. The maximum Gasteiger partial charge on any atom is 0.400 e. The zero-order valence-corrected chi connectivity index (χ0v) is 18.6. The van der Waals surface area contributed by atoms with Gasteiger partial charge in [-0.05, 0) is 72.2 Å². The van der Waals surface area contributed by atoms with E-state index in [-0.39, 0.29) is 39.9 Å². The molecule has 1 amide bonds. The number of fused-ring (bicyclic) bond motifs is 1. The molecule has 0 saturated heterocycles. The molecule has 2 aliphatic carbocycles. The average Bonchev–Trinajstić information content (AvgIpc) is 3.34. The van der Waals surface area contributed by atoms with Crippen LogP contribution in [-0.4, -0.2) is 24.3 Å². The third-order valence-corrected chi connectivity index (χ3v) is 7.22. The summed E-state index contributed by atoms with van der Waals surface area (Å²) < 4.78 is 43.0. The largest absolute Gasteiger partial charge is 0.400 e. The van der Waals surface area contributed by atoms with Crippen molar-refractivity contribution < 1.29 is 18.0 Å². The van der Waals surface area contributed by atoms with E-state index >= 15 is 0 Å². The molecule has 168 valence electrons. The molecule has 0 aromatic heterocycles. The van der Waals surface area contributed by atoms with Crippen LogP contribution in [0.5, 0.6) is 0 Å². The van der Waals surface area contributed by atoms with Crippen LogP contribution in [0, 0.1) is 5.92 Å². The zero-order chi connectivity index (χ0) is 22.7. The fourth-order valence-corrected chi connectivity index (χ4v) is 5.31. The summed E-state index contributed by atoms with van der Waals surface area (Å²) in [6.07, 6.45) is -1.31. The third-order valence-electron chi connectivity index (χ3n) is 6.79. The summed E-state index contributed by atoms with van der Waals surface area (Å²) in [7, 11) is 0. The number of nitrogens with zero attached hydrogens (tertiary/aromatic N) is 1. The Morgan fingerprint density at radius 1 is 1.06 bits per heavy atom. The number of aryl methyl sites for hydroxylation is 1. The SMILES string of the molecule is O=C(NC1CCc2cc(C3=NCC(c4cc(Cl)cc(Cl)c4)(C(F)(F)F)C3)ccc21)C1CC1. The third kappa shape index (κ3) is 3.81. The summed E-state index contributed by atoms with van der Waals surface area (Å²) in [4.78, 5) is 16.5. The zero-order valence-electron chi connectivity index (χ0n) is 17.1. The van der Waals surface area contributed by atoms with Crippen LogP contribution in [0.2, 0.25) is 10.0 Å². The van der Waals surface area contributed by atoms with Gasteiger partial charge in [0.1, 0.15) is 5.41 Å². The molecule has 1 fully saturated rings. The Balaban J connectivity index is 1.41. The monoisotopic (exact) mass is 480 g/mol. The number of amides is 1. The number of hydrogen-bond donors (Lipinski definition) is 1. The lowest BCUT2D eigenvalue weighted by atomic mass is 9.76. The smallest absolute Gasteiger partial charge is 0.349 e. The minimum atomic E-state index is -4.51. The molecule has 2 aromatic carbocycles. The number of hydrogen-bond acceptors (Lipinski definition) is 2. The van der Waals surface area contributed by atoms with Gasteiger partial charge in [-0.2, -0.15) is 13.2 Å². The summed E-state index contributed by atoms with van der Waals surface area (Å²) in [5, 5.41) is 3.44. The van der Waals surface area contributed by atoms with Crippen molar-refractivity contribution in [2.24, 2.45) is 10.9 Å². The summed E-state index contributed by atoms with van der Waals surface area (Å²) in [5.74, 6) is 0.240. The molecule has 2 aromatic rings. The van der Waals surface area contributed by atoms with Gasteiger partial charge in [0.05, 0.1) is 12.6 Å². The van der Waals surface area contributed by atoms with Crippen molar-refractivity contribution in [3.05, 3.63) is 68.7 Å². The lowest BCUT2D eigenvalue weighted by molar-refractivity contribution is -0.183. The summed E-state index contributed by atoms with van der Waals surface area (Å²) >= 11 is 12.0. The quantitative estimate of drug-likeness (QED) is 0.555. The van der Waals surface area contributed by atoms with Crippen molar-refractivity contribution in [3.63, 3.8) is 0 Å². The van der Waals surface area contributed by atoms with Crippen molar-refractivity contribution in [1.82, 2.24) is 5.32 Å². The van der Waals surface area contributed by atoms with Gasteiger partial charge < -0.3 is 5.32 Å². The molecule has 1 N–H and O–H groups in total. The number of nitrogens with one attached hydrogen (secondary N) is 1. The molecule has 1 aliphatic heterocycles. The van der Waals surface area contributed by atoms with Crippen LogP contribution in [0.15, 0.2) is 41.4 Å². The van der Waals surface area contributed by atoms with Crippen LogP contribution in [0.25, 0.3) is 0 Å². The minimum absolute atomic E-state index is 0.0273. The first-order valence-electron chi connectivity index (χ1n) is 10.7. The number of carbonyl (C=O) groups is 1. The van der Waals surface area contributed by atoms with Gasteiger partial charge in [0.25, 0.3) is 0 Å². The molecule has 0 bridgehead atoms. The van der Waals surface area contributed by atoms with Gasteiger partial charge in [0.2, 0.25) is 5.91 Å². The maximum atomic E-state index is 14.3. The van der Waals surface area contributed by atoms with Crippen molar-refractivity contribution in [1.29, 1.82) is 0 Å². The van der Waals surface area contributed by atoms with E-state index in [0.717, 1.165) is 36.8 Å². The predicted octanol–water partition coefficient (Wildman–Crippen LogP) is 6.20. The number of rotatable bonds is 4. The molecule has 2 atom stereocenters. The highest BCUT2D eigenvalue weighted by molar-refractivity contribution is 6.34. The predicted molar refractivity (Wildman–Crippen MR) is 119 cm³/mol. The molecular weight excluding hydrogens is 460 g/mol. The Hall–Kier alpha value is -2.05. The second-order valence-corrected chi connectivity index (χ2v) is 9.84. The maximum absolute atomic E-state index is 14.3. The lowest BCUT2D eigenvalue weighted by Gasteiger charge is -2.31. The molecule has 0 radical (unpaired) electrons. The highest BCUT2D eigenvalue weighted by Gasteiger charge is 2.58. The topological polar surface area (TPSA) is 41.5 Å².